The molecule has 1 amide bonds. The molecule has 4 nitrogen and oxygen atoms in total. The average Bonchev–Trinajstić information content (AvgIpc) is 3.38. The predicted molar refractivity (Wildman–Crippen MR) is 91.5 cm³/mol. The SMILES string of the molecule is CC(N)CC(=O)N(Cc1cccc(-c2cccnc2)c1)C1CC1. The minimum atomic E-state index is -0.0922. The molecule has 0 aliphatic heterocycles. The van der Waals surface area contributed by atoms with E-state index in [-0.39, 0.29) is 11.9 Å². The number of amides is 1. The van der Waals surface area contributed by atoms with Crippen LogP contribution in [0.2, 0.25) is 0 Å². The largest absolute Gasteiger partial charge is 0.335 e. The molecular weight excluding hydrogens is 286 g/mol. The number of pyridine rings is 1. The number of rotatable bonds is 6. The van der Waals surface area contributed by atoms with Gasteiger partial charge in [0.15, 0.2) is 0 Å². The van der Waals surface area contributed by atoms with Gasteiger partial charge in [0.05, 0.1) is 0 Å². The molecule has 0 spiro atoms. The third kappa shape index (κ3) is 4.17. The fourth-order valence-corrected chi connectivity index (χ4v) is 2.78. The second-order valence-electron chi connectivity index (χ2n) is 6.38. The molecule has 120 valence electrons. The van der Waals surface area contributed by atoms with Crippen LogP contribution in [-0.2, 0) is 11.3 Å². The molecule has 1 atom stereocenters. The summed E-state index contributed by atoms with van der Waals surface area (Å²) in [5.41, 5.74) is 9.16. The van der Waals surface area contributed by atoms with Crippen molar-refractivity contribution in [3.8, 4) is 11.1 Å². The van der Waals surface area contributed by atoms with Gasteiger partial charge in [-0.05, 0) is 48.6 Å². The van der Waals surface area contributed by atoms with E-state index in [9.17, 15) is 4.79 Å². The minimum absolute atomic E-state index is 0.0922. The molecule has 1 unspecified atom stereocenters. The topological polar surface area (TPSA) is 59.2 Å². The smallest absolute Gasteiger partial charge is 0.224 e. The van der Waals surface area contributed by atoms with E-state index in [1.807, 2.05) is 36.2 Å². The van der Waals surface area contributed by atoms with E-state index in [0.29, 0.717) is 19.0 Å². The first-order chi connectivity index (χ1) is 11.1. The molecule has 1 aromatic carbocycles. The summed E-state index contributed by atoms with van der Waals surface area (Å²) in [4.78, 5) is 18.6. The van der Waals surface area contributed by atoms with E-state index >= 15 is 0 Å². The fraction of sp³-hybridized carbons (Fsp3) is 0.368. The van der Waals surface area contributed by atoms with Crippen LogP contribution in [0.15, 0.2) is 48.8 Å². The Hall–Kier alpha value is -2.20. The van der Waals surface area contributed by atoms with Gasteiger partial charge < -0.3 is 10.6 Å². The first-order valence-corrected chi connectivity index (χ1v) is 8.18. The van der Waals surface area contributed by atoms with Gasteiger partial charge in [0.1, 0.15) is 0 Å². The maximum atomic E-state index is 12.4. The molecule has 2 N–H and O–H groups in total. The van der Waals surface area contributed by atoms with E-state index in [0.717, 1.165) is 29.5 Å². The molecule has 1 fully saturated rings. The molecule has 2 aromatic rings. The molecule has 3 rings (SSSR count). The predicted octanol–water partition coefficient (Wildman–Crippen LogP) is 2.98. The van der Waals surface area contributed by atoms with Gasteiger partial charge >= 0.3 is 0 Å². The molecule has 0 saturated heterocycles. The summed E-state index contributed by atoms with van der Waals surface area (Å²) in [5, 5.41) is 0. The molecular formula is C19H23N3O. The van der Waals surface area contributed by atoms with Crippen molar-refractivity contribution in [2.75, 3.05) is 0 Å². The first-order valence-electron chi connectivity index (χ1n) is 8.18. The molecule has 0 radical (unpaired) electrons. The Bertz CT molecular complexity index is 665. The Kier molecular flexibility index (Phi) is 4.72. The summed E-state index contributed by atoms with van der Waals surface area (Å²) < 4.78 is 0. The van der Waals surface area contributed by atoms with Crippen LogP contribution < -0.4 is 5.73 Å². The molecule has 1 aliphatic rings. The Balaban J connectivity index is 1.77. The van der Waals surface area contributed by atoms with Crippen molar-refractivity contribution in [2.45, 2.75) is 44.8 Å². The van der Waals surface area contributed by atoms with Gasteiger partial charge in [-0.15, -0.1) is 0 Å². The number of benzene rings is 1. The fourth-order valence-electron chi connectivity index (χ4n) is 2.78. The van der Waals surface area contributed by atoms with E-state index in [2.05, 4.69) is 23.2 Å². The van der Waals surface area contributed by atoms with E-state index in [1.165, 1.54) is 0 Å². The lowest BCUT2D eigenvalue weighted by Crippen LogP contribution is -2.36. The summed E-state index contributed by atoms with van der Waals surface area (Å²) in [6.07, 6.45) is 6.26. The summed E-state index contributed by atoms with van der Waals surface area (Å²) >= 11 is 0. The van der Waals surface area contributed by atoms with Crippen molar-refractivity contribution in [1.29, 1.82) is 0 Å². The number of carbonyl (C=O) groups is 1. The molecule has 1 aromatic heterocycles. The van der Waals surface area contributed by atoms with Crippen LogP contribution in [-0.4, -0.2) is 27.9 Å². The Labute approximate surface area is 137 Å². The first kappa shape index (κ1) is 15.7. The van der Waals surface area contributed by atoms with Gasteiger partial charge in [0.25, 0.3) is 0 Å². The lowest BCUT2D eigenvalue weighted by Gasteiger charge is -2.24. The van der Waals surface area contributed by atoms with Crippen LogP contribution in [0.4, 0.5) is 0 Å². The minimum Gasteiger partial charge on any atom is -0.335 e. The highest BCUT2D eigenvalue weighted by Crippen LogP contribution is 2.30. The lowest BCUT2D eigenvalue weighted by atomic mass is 10.0. The van der Waals surface area contributed by atoms with E-state index < -0.39 is 0 Å². The molecule has 1 aliphatic carbocycles. The van der Waals surface area contributed by atoms with Crippen molar-refractivity contribution in [1.82, 2.24) is 9.88 Å². The summed E-state index contributed by atoms with van der Waals surface area (Å²) in [6, 6.07) is 12.6. The van der Waals surface area contributed by atoms with Crippen LogP contribution in [0.3, 0.4) is 0 Å². The molecule has 0 bridgehead atoms. The van der Waals surface area contributed by atoms with Crippen LogP contribution in [0.25, 0.3) is 11.1 Å². The number of nitrogens with two attached hydrogens (primary N) is 1. The third-order valence-corrected chi connectivity index (χ3v) is 4.08. The van der Waals surface area contributed by atoms with Gasteiger partial charge in [0, 0.05) is 37.4 Å². The average molecular weight is 309 g/mol. The number of carbonyl (C=O) groups excluding carboxylic acids is 1. The van der Waals surface area contributed by atoms with Gasteiger partial charge in [-0.25, -0.2) is 0 Å². The molecule has 23 heavy (non-hydrogen) atoms. The normalized spacial score (nSPS) is 15.2. The third-order valence-electron chi connectivity index (χ3n) is 4.08. The van der Waals surface area contributed by atoms with Crippen molar-refractivity contribution in [3.63, 3.8) is 0 Å². The zero-order chi connectivity index (χ0) is 16.2. The Morgan fingerprint density at radius 2 is 2.09 bits per heavy atom. The highest BCUT2D eigenvalue weighted by atomic mass is 16.2. The monoisotopic (exact) mass is 309 g/mol. The maximum Gasteiger partial charge on any atom is 0.224 e. The van der Waals surface area contributed by atoms with Crippen molar-refractivity contribution < 1.29 is 4.79 Å². The Morgan fingerprint density at radius 3 is 2.74 bits per heavy atom. The number of hydrogen-bond donors (Lipinski definition) is 1. The zero-order valence-electron chi connectivity index (χ0n) is 13.5. The lowest BCUT2D eigenvalue weighted by molar-refractivity contribution is -0.132. The summed E-state index contributed by atoms with van der Waals surface area (Å²) in [5.74, 6) is 0.161. The van der Waals surface area contributed by atoms with Crippen LogP contribution in [0.5, 0.6) is 0 Å². The van der Waals surface area contributed by atoms with Crippen LogP contribution in [0.1, 0.15) is 31.7 Å². The van der Waals surface area contributed by atoms with Crippen LogP contribution in [0, 0.1) is 0 Å². The van der Waals surface area contributed by atoms with Crippen molar-refractivity contribution in [2.24, 2.45) is 5.73 Å². The summed E-state index contributed by atoms with van der Waals surface area (Å²) in [7, 11) is 0. The van der Waals surface area contributed by atoms with Gasteiger partial charge in [-0.3, -0.25) is 9.78 Å². The van der Waals surface area contributed by atoms with Crippen LogP contribution >= 0.6 is 0 Å². The highest BCUT2D eigenvalue weighted by Gasteiger charge is 2.32. The highest BCUT2D eigenvalue weighted by molar-refractivity contribution is 5.77. The molecule has 1 heterocycles. The van der Waals surface area contributed by atoms with E-state index in [4.69, 9.17) is 5.73 Å². The quantitative estimate of drug-likeness (QED) is 0.892. The molecule has 4 heteroatoms. The second-order valence-corrected chi connectivity index (χ2v) is 6.38. The number of aromatic nitrogens is 1. The standard InChI is InChI=1S/C19H23N3O/c1-14(20)10-19(23)22(18-7-8-18)13-15-4-2-5-16(11-15)17-6-3-9-21-12-17/h2-6,9,11-12,14,18H,7-8,10,13,20H2,1H3. The van der Waals surface area contributed by atoms with Crippen molar-refractivity contribution in [3.05, 3.63) is 54.4 Å². The van der Waals surface area contributed by atoms with Gasteiger partial charge in [-0.1, -0.05) is 24.3 Å². The molecule has 1 saturated carbocycles. The van der Waals surface area contributed by atoms with E-state index in [1.54, 1.807) is 6.20 Å². The second kappa shape index (κ2) is 6.92. The maximum absolute atomic E-state index is 12.4. The number of hydrogen-bond acceptors (Lipinski definition) is 3. The van der Waals surface area contributed by atoms with Gasteiger partial charge in [-0.2, -0.15) is 0 Å². The van der Waals surface area contributed by atoms with Crippen molar-refractivity contribution >= 4 is 5.91 Å². The number of nitrogens with zero attached hydrogens (tertiary/aromatic N) is 2. The zero-order valence-corrected chi connectivity index (χ0v) is 13.5. The summed E-state index contributed by atoms with van der Waals surface area (Å²) in [6.45, 7) is 2.54. The Morgan fingerprint density at radius 1 is 1.30 bits per heavy atom. The van der Waals surface area contributed by atoms with Gasteiger partial charge in [0.2, 0.25) is 5.91 Å².